The number of aromatic nitrogens is 2. The first-order chi connectivity index (χ1) is 18.2. The van der Waals surface area contributed by atoms with Gasteiger partial charge in [0.05, 0.1) is 34.6 Å². The Morgan fingerprint density at radius 1 is 1.05 bits per heavy atom. The third kappa shape index (κ3) is 5.82. The summed E-state index contributed by atoms with van der Waals surface area (Å²) in [5, 5.41) is 25.4. The number of piperidine rings is 1. The minimum atomic E-state index is -1.01. The molecule has 2 aliphatic rings. The monoisotopic (exact) mass is 540 g/mol. The van der Waals surface area contributed by atoms with Gasteiger partial charge in [-0.25, -0.2) is 14.6 Å². The first-order valence-electron chi connectivity index (χ1n) is 12.7. The maximum atomic E-state index is 12.5. The molecule has 1 aromatic carbocycles. The summed E-state index contributed by atoms with van der Waals surface area (Å²) >= 11 is 1.53. The molecule has 4 heterocycles. The molecule has 5 rings (SSSR count). The van der Waals surface area contributed by atoms with Crippen molar-refractivity contribution in [3.8, 4) is 0 Å². The fourth-order valence-corrected chi connectivity index (χ4v) is 5.72. The number of anilines is 3. The third-order valence-electron chi connectivity index (χ3n) is 6.76. The van der Waals surface area contributed by atoms with Crippen LogP contribution >= 0.6 is 11.3 Å². The summed E-state index contributed by atoms with van der Waals surface area (Å²) in [5.41, 5.74) is 0.561. The van der Waals surface area contributed by atoms with Crippen LogP contribution in [0.2, 0.25) is 0 Å². The summed E-state index contributed by atoms with van der Waals surface area (Å²) in [6.45, 7) is 7.73. The number of aliphatic hydroxyl groups is 1. The standard InChI is InChI=1S/C26H32N6O5S/c1-26(2,36)20-15-19-21(38-20)22(31-11-13-37-14-12-31)30-24(29-19)32-9-7-18(8-10-32)28-25(35)27-17-5-3-16(4-6-17)23(33)34/h3-6,15,18,36H,7-14H2,1-2H3,(H,33,34)(H2,27,28,35). The van der Waals surface area contributed by atoms with Crippen LogP contribution in [0.3, 0.4) is 0 Å². The SMILES string of the molecule is CC(C)(O)c1cc2nc(N3CCC(NC(=O)Nc4ccc(C(=O)O)cc4)CC3)nc(N3CCOCC3)c2s1. The van der Waals surface area contributed by atoms with Crippen molar-refractivity contribution in [3.63, 3.8) is 0 Å². The van der Waals surface area contributed by atoms with Gasteiger partial charge in [-0.05, 0) is 57.0 Å². The summed E-state index contributed by atoms with van der Waals surface area (Å²) in [4.78, 5) is 38.5. The van der Waals surface area contributed by atoms with Gasteiger partial charge in [0.25, 0.3) is 0 Å². The van der Waals surface area contributed by atoms with Gasteiger partial charge in [-0.2, -0.15) is 4.98 Å². The number of ether oxygens (including phenoxy) is 1. The Kier molecular flexibility index (Phi) is 7.37. The third-order valence-corrected chi connectivity index (χ3v) is 8.19. The van der Waals surface area contributed by atoms with Crippen LogP contribution in [0.5, 0.6) is 0 Å². The van der Waals surface area contributed by atoms with Gasteiger partial charge >= 0.3 is 12.0 Å². The summed E-state index contributed by atoms with van der Waals surface area (Å²) in [7, 11) is 0. The maximum Gasteiger partial charge on any atom is 0.335 e. The lowest BCUT2D eigenvalue weighted by Gasteiger charge is -2.33. The molecule has 4 N–H and O–H groups in total. The number of benzene rings is 1. The van der Waals surface area contributed by atoms with Gasteiger partial charge in [0, 0.05) is 42.8 Å². The first kappa shape index (κ1) is 26.1. The van der Waals surface area contributed by atoms with Crippen LogP contribution in [0.1, 0.15) is 41.9 Å². The number of amides is 2. The summed E-state index contributed by atoms with van der Waals surface area (Å²) in [5.74, 6) is 0.521. The Balaban J connectivity index is 1.26. The van der Waals surface area contributed by atoms with E-state index < -0.39 is 11.6 Å². The van der Waals surface area contributed by atoms with Crippen molar-refractivity contribution < 1.29 is 24.5 Å². The van der Waals surface area contributed by atoms with Crippen LogP contribution in [0.25, 0.3) is 10.2 Å². The molecule has 2 saturated heterocycles. The first-order valence-corrected chi connectivity index (χ1v) is 13.5. The Morgan fingerprint density at radius 2 is 1.74 bits per heavy atom. The van der Waals surface area contributed by atoms with Crippen molar-refractivity contribution in [2.75, 3.05) is 54.5 Å². The fourth-order valence-electron chi connectivity index (χ4n) is 4.61. The van der Waals surface area contributed by atoms with Gasteiger partial charge < -0.3 is 35.4 Å². The van der Waals surface area contributed by atoms with Gasteiger partial charge in [0.15, 0.2) is 5.82 Å². The van der Waals surface area contributed by atoms with E-state index in [1.54, 1.807) is 26.0 Å². The number of carboxylic acid groups (broad SMARTS) is 1. The van der Waals surface area contributed by atoms with Crippen molar-refractivity contribution >= 4 is 51.0 Å². The Bertz CT molecular complexity index is 1310. The molecule has 38 heavy (non-hydrogen) atoms. The predicted molar refractivity (Wildman–Crippen MR) is 146 cm³/mol. The number of rotatable bonds is 6. The molecule has 0 atom stereocenters. The number of nitrogens with zero attached hydrogens (tertiary/aromatic N) is 4. The molecule has 0 saturated carbocycles. The Labute approximate surface area is 224 Å². The highest BCUT2D eigenvalue weighted by Crippen LogP contribution is 2.38. The zero-order valence-corrected chi connectivity index (χ0v) is 22.3. The second-order valence-electron chi connectivity index (χ2n) is 10.1. The number of morpholine rings is 1. The fraction of sp³-hybridized carbons (Fsp3) is 0.462. The summed E-state index contributed by atoms with van der Waals surface area (Å²) < 4.78 is 6.51. The van der Waals surface area contributed by atoms with Crippen molar-refractivity contribution in [3.05, 3.63) is 40.8 Å². The van der Waals surface area contributed by atoms with Gasteiger partial charge in [-0.3, -0.25) is 0 Å². The van der Waals surface area contributed by atoms with E-state index in [1.165, 1.54) is 23.5 Å². The Morgan fingerprint density at radius 3 is 2.37 bits per heavy atom. The van der Waals surface area contributed by atoms with Gasteiger partial charge in [0.1, 0.15) is 0 Å². The predicted octanol–water partition coefficient (Wildman–Crippen LogP) is 3.24. The number of carbonyl (C=O) groups excluding carboxylic acids is 1. The van der Waals surface area contributed by atoms with Crippen molar-refractivity contribution in [1.82, 2.24) is 15.3 Å². The molecule has 0 aliphatic carbocycles. The van der Waals surface area contributed by atoms with E-state index in [1.807, 2.05) is 6.07 Å². The van der Waals surface area contributed by atoms with E-state index in [4.69, 9.17) is 19.8 Å². The van der Waals surface area contributed by atoms with E-state index in [0.29, 0.717) is 37.9 Å². The number of aromatic carboxylic acids is 1. The minimum absolute atomic E-state index is 0.00470. The zero-order valence-electron chi connectivity index (χ0n) is 21.4. The van der Waals surface area contributed by atoms with Crippen LogP contribution in [-0.2, 0) is 10.3 Å². The van der Waals surface area contributed by atoms with Crippen LogP contribution in [0.15, 0.2) is 30.3 Å². The molecule has 12 heteroatoms. The average molecular weight is 541 g/mol. The lowest BCUT2D eigenvalue weighted by molar-refractivity contribution is 0.0696. The average Bonchev–Trinajstić information content (AvgIpc) is 3.34. The lowest BCUT2D eigenvalue weighted by atomic mass is 10.1. The minimum Gasteiger partial charge on any atom is -0.478 e. The van der Waals surface area contributed by atoms with Crippen LogP contribution < -0.4 is 20.4 Å². The van der Waals surface area contributed by atoms with E-state index in [2.05, 4.69) is 20.4 Å². The lowest BCUT2D eigenvalue weighted by Crippen LogP contribution is -2.46. The molecule has 2 aromatic heterocycles. The molecule has 2 aliphatic heterocycles. The van der Waals surface area contributed by atoms with Gasteiger partial charge in [-0.1, -0.05) is 0 Å². The number of hydrogen-bond acceptors (Lipinski definition) is 9. The number of thiophene rings is 1. The number of nitrogens with one attached hydrogen (secondary N) is 2. The summed E-state index contributed by atoms with van der Waals surface area (Å²) in [6, 6.07) is 7.67. The van der Waals surface area contributed by atoms with Crippen LogP contribution in [0, 0.1) is 0 Å². The number of carbonyl (C=O) groups is 2. The largest absolute Gasteiger partial charge is 0.478 e. The highest BCUT2D eigenvalue weighted by Gasteiger charge is 2.27. The van der Waals surface area contributed by atoms with Crippen molar-refractivity contribution in [2.45, 2.75) is 38.3 Å². The highest BCUT2D eigenvalue weighted by molar-refractivity contribution is 7.19. The van der Waals surface area contributed by atoms with Gasteiger partial charge in [-0.15, -0.1) is 11.3 Å². The topological polar surface area (TPSA) is 140 Å². The van der Waals surface area contributed by atoms with Gasteiger partial charge in [0.2, 0.25) is 5.95 Å². The molecule has 11 nitrogen and oxygen atoms in total. The van der Waals surface area contributed by atoms with E-state index in [0.717, 1.165) is 46.8 Å². The van der Waals surface area contributed by atoms with Crippen LogP contribution in [-0.4, -0.2) is 77.6 Å². The Hall–Kier alpha value is -3.48. The van der Waals surface area contributed by atoms with E-state index in [9.17, 15) is 14.7 Å². The number of hydrogen-bond donors (Lipinski definition) is 4. The molecular formula is C26H32N6O5S. The zero-order chi connectivity index (χ0) is 26.9. The maximum absolute atomic E-state index is 12.5. The summed E-state index contributed by atoms with van der Waals surface area (Å²) in [6.07, 6.45) is 1.47. The van der Waals surface area contributed by atoms with Crippen molar-refractivity contribution in [2.24, 2.45) is 0 Å². The quantitative estimate of drug-likeness (QED) is 0.371. The molecular weight excluding hydrogens is 508 g/mol. The number of urea groups is 1. The molecule has 2 amide bonds. The number of carboxylic acids is 1. The normalized spacial score (nSPS) is 17.0. The molecule has 0 spiro atoms. The molecule has 3 aromatic rings. The van der Waals surface area contributed by atoms with E-state index >= 15 is 0 Å². The highest BCUT2D eigenvalue weighted by atomic mass is 32.1. The smallest absolute Gasteiger partial charge is 0.335 e. The number of fused-ring (bicyclic) bond motifs is 1. The molecule has 0 bridgehead atoms. The second kappa shape index (κ2) is 10.7. The second-order valence-corrected chi connectivity index (χ2v) is 11.1. The molecule has 0 radical (unpaired) electrons. The van der Waals surface area contributed by atoms with Crippen molar-refractivity contribution in [1.29, 1.82) is 0 Å². The molecule has 202 valence electrons. The van der Waals surface area contributed by atoms with E-state index in [-0.39, 0.29) is 17.6 Å². The molecule has 0 unspecified atom stereocenters. The van der Waals surface area contributed by atoms with Crippen LogP contribution in [0.4, 0.5) is 22.2 Å². The molecule has 2 fully saturated rings.